The van der Waals surface area contributed by atoms with Crippen LogP contribution in [0.1, 0.15) is 47.6 Å². The quantitative estimate of drug-likeness (QED) is 0.126. The molecule has 0 aliphatic heterocycles. The molecule has 0 unspecified atom stereocenters. The zero-order valence-corrected chi connectivity index (χ0v) is 30.3. The Bertz CT molecular complexity index is 2570. The molecular weight excluding hydrogens is 669 g/mol. The summed E-state index contributed by atoms with van der Waals surface area (Å²) in [6.45, 7) is 4.73. The van der Waals surface area contributed by atoms with Gasteiger partial charge in [-0.15, -0.1) is 5.10 Å². The summed E-state index contributed by atoms with van der Waals surface area (Å²) in [5.74, 6) is 0.620. The van der Waals surface area contributed by atoms with E-state index < -0.39 is 5.54 Å². The number of hydrogen-bond donors (Lipinski definition) is 0. The monoisotopic (exact) mass is 708 g/mol. The fraction of sp³-hybridized carbons (Fsp3) is 0.152. The number of para-hydroxylation sites is 1. The van der Waals surface area contributed by atoms with Crippen LogP contribution in [0.25, 0.3) is 33.4 Å². The van der Waals surface area contributed by atoms with Crippen LogP contribution in [0, 0.1) is 6.92 Å². The molecule has 8 rings (SSSR count). The summed E-state index contributed by atoms with van der Waals surface area (Å²) < 4.78 is 5.09. The van der Waals surface area contributed by atoms with Gasteiger partial charge < -0.3 is 0 Å². The van der Waals surface area contributed by atoms with Crippen LogP contribution in [-0.2, 0) is 18.6 Å². The van der Waals surface area contributed by atoms with Crippen molar-refractivity contribution in [1.82, 2.24) is 29.3 Å². The third kappa shape index (κ3) is 5.95. The van der Waals surface area contributed by atoms with Gasteiger partial charge in [0, 0.05) is 12.1 Å². The number of nitrogens with zero attached hydrogens (tertiary/aromatic N) is 6. The van der Waals surface area contributed by atoms with E-state index in [1.807, 2.05) is 96.5 Å². The summed E-state index contributed by atoms with van der Waals surface area (Å²) in [7, 11) is 0. The highest BCUT2D eigenvalue weighted by Gasteiger charge is 2.42. The Morgan fingerprint density at radius 1 is 0.611 bits per heavy atom. The van der Waals surface area contributed by atoms with Gasteiger partial charge in [0.15, 0.2) is 5.82 Å². The Balaban J connectivity index is 1.24. The van der Waals surface area contributed by atoms with Gasteiger partial charge in [-0.25, -0.2) is 9.48 Å². The molecule has 0 aliphatic rings. The smallest absolute Gasteiger partial charge is 0.288 e. The molecule has 0 saturated heterocycles. The van der Waals surface area contributed by atoms with Crippen molar-refractivity contribution in [2.24, 2.45) is 0 Å². The summed E-state index contributed by atoms with van der Waals surface area (Å²) in [4.78, 5) is 27.3. The molecule has 0 spiro atoms. The molecule has 0 bridgehead atoms. The SMILES string of the molecule is CCCCn1c(=O)c2cccc(C)c2n(Cc2ccc(-c3ccccc3-c3nnnn3C(c3ccccc3)(c3ccccc3)c3ccccc3)cc2)c1=O. The molecule has 0 aliphatic carbocycles. The Morgan fingerprint density at radius 3 is 1.78 bits per heavy atom. The van der Waals surface area contributed by atoms with E-state index in [2.05, 4.69) is 84.9 Å². The number of hydrogen-bond acceptors (Lipinski definition) is 5. The molecule has 8 heteroatoms. The molecule has 6 aromatic carbocycles. The molecule has 0 amide bonds. The van der Waals surface area contributed by atoms with Crippen LogP contribution in [-0.4, -0.2) is 29.3 Å². The Morgan fingerprint density at radius 2 is 1.19 bits per heavy atom. The van der Waals surface area contributed by atoms with Crippen molar-refractivity contribution < 1.29 is 0 Å². The first-order valence-electron chi connectivity index (χ1n) is 18.4. The van der Waals surface area contributed by atoms with Crippen LogP contribution < -0.4 is 11.2 Å². The minimum atomic E-state index is -0.888. The number of unbranched alkanes of at least 4 members (excludes halogenated alkanes) is 1. The predicted octanol–water partition coefficient (Wildman–Crippen LogP) is 8.48. The average Bonchev–Trinajstić information content (AvgIpc) is 3.71. The zero-order valence-electron chi connectivity index (χ0n) is 30.3. The lowest BCUT2D eigenvalue weighted by atomic mass is 9.77. The first-order valence-corrected chi connectivity index (χ1v) is 18.4. The van der Waals surface area contributed by atoms with Crippen molar-refractivity contribution in [3.63, 3.8) is 0 Å². The fourth-order valence-electron chi connectivity index (χ4n) is 7.71. The second-order valence-corrected chi connectivity index (χ2v) is 13.6. The summed E-state index contributed by atoms with van der Waals surface area (Å²) in [6, 6.07) is 53.2. The maximum atomic E-state index is 13.9. The molecular formula is C46H40N6O2. The van der Waals surface area contributed by atoms with Crippen molar-refractivity contribution in [2.75, 3.05) is 0 Å². The van der Waals surface area contributed by atoms with Gasteiger partial charge in [0.2, 0.25) is 0 Å². The maximum Gasteiger partial charge on any atom is 0.331 e. The minimum absolute atomic E-state index is 0.228. The molecule has 0 radical (unpaired) electrons. The topological polar surface area (TPSA) is 87.6 Å². The number of fused-ring (bicyclic) bond motifs is 1. The van der Waals surface area contributed by atoms with Crippen LogP contribution in [0.15, 0.2) is 167 Å². The molecule has 0 atom stereocenters. The molecule has 54 heavy (non-hydrogen) atoms. The average molecular weight is 709 g/mol. The van der Waals surface area contributed by atoms with Gasteiger partial charge in [-0.1, -0.05) is 165 Å². The van der Waals surface area contributed by atoms with E-state index in [-0.39, 0.29) is 11.2 Å². The van der Waals surface area contributed by atoms with Crippen molar-refractivity contribution in [3.05, 3.63) is 206 Å². The predicted molar refractivity (Wildman–Crippen MR) is 215 cm³/mol. The molecule has 8 nitrogen and oxygen atoms in total. The summed E-state index contributed by atoms with van der Waals surface area (Å²) in [6.07, 6.45) is 1.64. The third-order valence-corrected chi connectivity index (χ3v) is 10.3. The van der Waals surface area contributed by atoms with E-state index in [0.717, 1.165) is 57.3 Å². The molecule has 266 valence electrons. The van der Waals surface area contributed by atoms with Crippen molar-refractivity contribution in [2.45, 2.75) is 45.3 Å². The first kappa shape index (κ1) is 34.4. The number of tetrazole rings is 1. The lowest BCUT2D eigenvalue weighted by molar-refractivity contribution is 0.451. The van der Waals surface area contributed by atoms with E-state index in [0.29, 0.717) is 29.8 Å². The molecule has 0 fully saturated rings. The normalized spacial score (nSPS) is 11.6. The Labute approximate surface area is 313 Å². The van der Waals surface area contributed by atoms with Crippen LogP contribution in [0.3, 0.4) is 0 Å². The third-order valence-electron chi connectivity index (χ3n) is 10.3. The number of aromatic nitrogens is 6. The van der Waals surface area contributed by atoms with Crippen LogP contribution in [0.2, 0.25) is 0 Å². The number of rotatable bonds is 11. The molecule has 2 aromatic heterocycles. The van der Waals surface area contributed by atoms with Crippen molar-refractivity contribution in [1.29, 1.82) is 0 Å². The van der Waals surface area contributed by atoms with E-state index in [4.69, 9.17) is 10.3 Å². The van der Waals surface area contributed by atoms with Crippen molar-refractivity contribution in [3.8, 4) is 22.5 Å². The number of benzene rings is 6. The molecule has 8 aromatic rings. The van der Waals surface area contributed by atoms with Crippen molar-refractivity contribution >= 4 is 10.9 Å². The Hall–Kier alpha value is -6.67. The van der Waals surface area contributed by atoms with Crippen LogP contribution in [0.5, 0.6) is 0 Å². The van der Waals surface area contributed by atoms with Gasteiger partial charge in [-0.05, 0) is 68.8 Å². The lowest BCUT2D eigenvalue weighted by Gasteiger charge is -2.36. The highest BCUT2D eigenvalue weighted by Crippen LogP contribution is 2.43. The van der Waals surface area contributed by atoms with Gasteiger partial charge >= 0.3 is 5.69 Å². The van der Waals surface area contributed by atoms with E-state index in [9.17, 15) is 9.59 Å². The highest BCUT2D eigenvalue weighted by molar-refractivity contribution is 5.82. The van der Waals surface area contributed by atoms with Gasteiger partial charge in [-0.3, -0.25) is 13.9 Å². The molecule has 0 saturated carbocycles. The van der Waals surface area contributed by atoms with E-state index in [1.54, 1.807) is 4.57 Å². The number of aryl methyl sites for hydroxylation is 1. The summed E-state index contributed by atoms with van der Waals surface area (Å²) in [5.41, 5.74) is 7.03. The van der Waals surface area contributed by atoms with Gasteiger partial charge in [0.25, 0.3) is 5.56 Å². The zero-order chi connectivity index (χ0) is 37.1. The van der Waals surface area contributed by atoms with Gasteiger partial charge in [0.05, 0.1) is 17.4 Å². The second-order valence-electron chi connectivity index (χ2n) is 13.6. The largest absolute Gasteiger partial charge is 0.331 e. The minimum Gasteiger partial charge on any atom is -0.288 e. The lowest BCUT2D eigenvalue weighted by Crippen LogP contribution is -2.40. The molecule has 2 heterocycles. The maximum absolute atomic E-state index is 13.9. The van der Waals surface area contributed by atoms with Crippen LogP contribution in [0.4, 0.5) is 0 Å². The summed E-state index contributed by atoms with van der Waals surface area (Å²) >= 11 is 0. The van der Waals surface area contributed by atoms with Gasteiger partial charge in [-0.2, -0.15) is 0 Å². The van der Waals surface area contributed by atoms with E-state index >= 15 is 0 Å². The first-order chi connectivity index (χ1) is 26.5. The van der Waals surface area contributed by atoms with Crippen LogP contribution >= 0.6 is 0 Å². The highest BCUT2D eigenvalue weighted by atomic mass is 16.2. The van der Waals surface area contributed by atoms with Gasteiger partial charge in [0.1, 0.15) is 5.54 Å². The summed E-state index contributed by atoms with van der Waals surface area (Å²) in [5, 5.41) is 14.3. The Kier molecular flexibility index (Phi) is 9.40. The molecule has 0 N–H and O–H groups in total. The van der Waals surface area contributed by atoms with E-state index in [1.165, 1.54) is 4.57 Å². The second kappa shape index (κ2) is 14.8. The fourth-order valence-corrected chi connectivity index (χ4v) is 7.71. The standard InChI is InChI=1S/C46H40N6O2/c1-3-4-31-50-44(53)41-26-16-17-33(2)42(41)51(45(50)54)32-34-27-29-35(30-28-34)39-24-14-15-25-40(39)43-47-48-49-52(43)46(36-18-8-5-9-19-36,37-20-10-6-11-21-37)38-22-12-7-13-23-38/h5-30H,3-4,31-32H2,1-2H3.